The summed E-state index contributed by atoms with van der Waals surface area (Å²) in [6.07, 6.45) is 7.13. The molecule has 5 heteroatoms. The fourth-order valence-corrected chi connectivity index (χ4v) is 2.48. The van der Waals surface area contributed by atoms with Crippen LogP contribution in [0.4, 0.5) is 5.95 Å². The monoisotopic (exact) mass is 459 g/mol. The van der Waals surface area contributed by atoms with Gasteiger partial charge in [0, 0.05) is 35.9 Å². The van der Waals surface area contributed by atoms with E-state index in [1.54, 1.807) is 12.4 Å². The predicted molar refractivity (Wildman–Crippen MR) is 148 cm³/mol. The Hall–Kier alpha value is -3.60. The van der Waals surface area contributed by atoms with E-state index in [0.29, 0.717) is 5.95 Å². The molecule has 0 amide bonds. The van der Waals surface area contributed by atoms with Crippen LogP contribution in [0.3, 0.4) is 0 Å². The average Bonchev–Trinajstić information content (AvgIpc) is 2.90. The quantitative estimate of drug-likeness (QED) is 0.330. The summed E-state index contributed by atoms with van der Waals surface area (Å²) in [6.45, 7) is 18.1. The third-order valence-electron chi connectivity index (χ3n) is 4.15. The minimum absolute atomic E-state index is 0.306. The molecule has 4 rings (SSSR count). The van der Waals surface area contributed by atoms with Crippen molar-refractivity contribution in [3.05, 3.63) is 90.0 Å². The summed E-state index contributed by atoms with van der Waals surface area (Å²) in [5.74, 6) is 1.09. The zero-order valence-corrected chi connectivity index (χ0v) is 22.3. The van der Waals surface area contributed by atoms with Gasteiger partial charge in [0.05, 0.1) is 0 Å². The summed E-state index contributed by atoms with van der Waals surface area (Å²) in [4.78, 5) is 16.4. The first kappa shape index (κ1) is 30.4. The molecule has 2 N–H and O–H groups in total. The molecule has 0 atom stereocenters. The van der Waals surface area contributed by atoms with Gasteiger partial charge in [0.25, 0.3) is 0 Å². The topological polar surface area (TPSA) is 77.6 Å². The molecule has 2 aromatic carbocycles. The molecule has 0 saturated carbocycles. The van der Waals surface area contributed by atoms with Gasteiger partial charge >= 0.3 is 0 Å². The number of hydrogen-bond acceptors (Lipinski definition) is 5. The predicted octanol–water partition coefficient (Wildman–Crippen LogP) is 7.87. The van der Waals surface area contributed by atoms with Gasteiger partial charge in [0.2, 0.25) is 5.95 Å². The van der Waals surface area contributed by atoms with Crippen LogP contribution in [0.2, 0.25) is 0 Å². The fourth-order valence-electron chi connectivity index (χ4n) is 2.48. The summed E-state index contributed by atoms with van der Waals surface area (Å²) in [6, 6.07) is 16.4. The second kappa shape index (κ2) is 17.9. The van der Waals surface area contributed by atoms with E-state index >= 15 is 0 Å². The average molecular weight is 460 g/mol. The summed E-state index contributed by atoms with van der Waals surface area (Å²) < 4.78 is 0. The van der Waals surface area contributed by atoms with Crippen molar-refractivity contribution >= 4 is 5.95 Å². The Labute approximate surface area is 206 Å². The SMILES string of the molecule is CC.CC.CC.Cc1ccc(-c2cnc(N)nc2)cc1.Cc1ccc(-c2ncc(C)cn2)cc1. The highest BCUT2D eigenvalue weighted by molar-refractivity contribution is 5.62. The number of hydrogen-bond donors (Lipinski definition) is 1. The molecular weight excluding hydrogens is 418 g/mol. The summed E-state index contributed by atoms with van der Waals surface area (Å²) in [7, 11) is 0. The Morgan fingerprint density at radius 3 is 1.24 bits per heavy atom. The summed E-state index contributed by atoms with van der Waals surface area (Å²) >= 11 is 0. The highest BCUT2D eigenvalue weighted by Gasteiger charge is 1.99. The van der Waals surface area contributed by atoms with Crippen LogP contribution in [-0.4, -0.2) is 19.9 Å². The molecule has 5 nitrogen and oxygen atoms in total. The number of nitrogens with two attached hydrogens (primary N) is 1. The molecule has 0 aliphatic heterocycles. The third-order valence-corrected chi connectivity index (χ3v) is 4.15. The van der Waals surface area contributed by atoms with Gasteiger partial charge in [-0.15, -0.1) is 0 Å². The molecule has 0 spiro atoms. The number of rotatable bonds is 2. The molecule has 2 aromatic heterocycles. The molecule has 182 valence electrons. The zero-order valence-electron chi connectivity index (χ0n) is 22.3. The van der Waals surface area contributed by atoms with E-state index in [1.807, 2.05) is 85.1 Å². The van der Waals surface area contributed by atoms with E-state index < -0.39 is 0 Å². The van der Waals surface area contributed by atoms with Gasteiger partial charge < -0.3 is 5.73 Å². The second-order valence-electron chi connectivity index (χ2n) is 6.65. The molecule has 4 aromatic rings. The molecule has 0 aliphatic carbocycles. The Bertz CT molecular complexity index is 834. The molecule has 2 heterocycles. The van der Waals surface area contributed by atoms with E-state index in [9.17, 15) is 0 Å². The molecule has 0 radical (unpaired) electrons. The first-order valence-corrected chi connectivity index (χ1v) is 12.0. The van der Waals surface area contributed by atoms with E-state index in [4.69, 9.17) is 5.73 Å². The summed E-state index contributed by atoms with van der Waals surface area (Å²) in [5, 5.41) is 0. The maximum absolute atomic E-state index is 5.41. The molecule has 34 heavy (non-hydrogen) atoms. The maximum atomic E-state index is 5.41. The number of nitrogen functional groups attached to an aromatic ring is 1. The lowest BCUT2D eigenvalue weighted by Crippen LogP contribution is -1.93. The first-order chi connectivity index (χ1) is 16.5. The third kappa shape index (κ3) is 10.8. The van der Waals surface area contributed by atoms with Gasteiger partial charge in [-0.2, -0.15) is 0 Å². The van der Waals surface area contributed by atoms with E-state index in [0.717, 1.165) is 28.1 Å². The van der Waals surface area contributed by atoms with Crippen LogP contribution in [0, 0.1) is 20.8 Å². The minimum atomic E-state index is 0.306. The number of nitrogens with zero attached hydrogens (tertiary/aromatic N) is 4. The normalized spacial score (nSPS) is 8.85. The van der Waals surface area contributed by atoms with Crippen molar-refractivity contribution in [1.29, 1.82) is 0 Å². The van der Waals surface area contributed by atoms with Gasteiger partial charge in [-0.1, -0.05) is 101 Å². The van der Waals surface area contributed by atoms with E-state index in [2.05, 4.69) is 58.0 Å². The Kier molecular flexibility index (Phi) is 16.0. The number of aryl methyl sites for hydroxylation is 3. The lowest BCUT2D eigenvalue weighted by Gasteiger charge is -2.00. The van der Waals surface area contributed by atoms with Gasteiger partial charge in [0.15, 0.2) is 5.82 Å². The Balaban J connectivity index is 0.000000526. The van der Waals surface area contributed by atoms with Crippen molar-refractivity contribution in [2.45, 2.75) is 62.3 Å². The van der Waals surface area contributed by atoms with Crippen LogP contribution >= 0.6 is 0 Å². The van der Waals surface area contributed by atoms with Crippen LogP contribution in [0.25, 0.3) is 22.5 Å². The van der Waals surface area contributed by atoms with Gasteiger partial charge in [0.1, 0.15) is 0 Å². The van der Waals surface area contributed by atoms with Crippen molar-refractivity contribution in [2.24, 2.45) is 0 Å². The lowest BCUT2D eigenvalue weighted by atomic mass is 10.1. The lowest BCUT2D eigenvalue weighted by molar-refractivity contribution is 1.14. The van der Waals surface area contributed by atoms with Crippen LogP contribution < -0.4 is 5.73 Å². The van der Waals surface area contributed by atoms with Gasteiger partial charge in [-0.05, 0) is 31.9 Å². The molecular formula is C29H41N5. The fraction of sp³-hybridized carbons (Fsp3) is 0.310. The van der Waals surface area contributed by atoms with E-state index in [-0.39, 0.29) is 0 Å². The van der Waals surface area contributed by atoms with Crippen LogP contribution in [0.5, 0.6) is 0 Å². The molecule has 0 bridgehead atoms. The van der Waals surface area contributed by atoms with Crippen LogP contribution in [0.15, 0.2) is 73.3 Å². The largest absolute Gasteiger partial charge is 0.368 e. The van der Waals surface area contributed by atoms with Crippen molar-refractivity contribution in [2.75, 3.05) is 5.73 Å². The molecule has 0 aliphatic rings. The van der Waals surface area contributed by atoms with Crippen molar-refractivity contribution in [3.63, 3.8) is 0 Å². The highest BCUT2D eigenvalue weighted by atomic mass is 15.0. The molecule has 0 unspecified atom stereocenters. The van der Waals surface area contributed by atoms with Crippen LogP contribution in [-0.2, 0) is 0 Å². The highest BCUT2D eigenvalue weighted by Crippen LogP contribution is 2.18. The maximum Gasteiger partial charge on any atom is 0.219 e. The minimum Gasteiger partial charge on any atom is -0.368 e. The van der Waals surface area contributed by atoms with Gasteiger partial charge in [-0.25, -0.2) is 19.9 Å². The molecule has 0 fully saturated rings. The van der Waals surface area contributed by atoms with Crippen molar-refractivity contribution in [1.82, 2.24) is 19.9 Å². The van der Waals surface area contributed by atoms with Crippen LogP contribution in [0.1, 0.15) is 58.2 Å². The Morgan fingerprint density at radius 1 is 0.441 bits per heavy atom. The smallest absolute Gasteiger partial charge is 0.219 e. The molecule has 0 saturated heterocycles. The summed E-state index contributed by atoms with van der Waals surface area (Å²) in [5.41, 5.74) is 12.1. The number of aromatic nitrogens is 4. The van der Waals surface area contributed by atoms with Crippen molar-refractivity contribution in [3.8, 4) is 22.5 Å². The van der Waals surface area contributed by atoms with Gasteiger partial charge in [-0.3, -0.25) is 0 Å². The first-order valence-electron chi connectivity index (χ1n) is 12.0. The zero-order chi connectivity index (χ0) is 25.9. The Morgan fingerprint density at radius 2 is 0.824 bits per heavy atom. The van der Waals surface area contributed by atoms with E-state index in [1.165, 1.54) is 11.1 Å². The number of anilines is 1. The number of benzene rings is 2. The standard InChI is InChI=1S/C12H12N2.C11H11N3.3C2H6/c1-9-3-5-11(6-4-9)12-13-7-10(2)8-14-12;1-8-2-4-9(5-3-8)10-6-13-11(12)14-7-10;3*1-2/h3-8H,1-2H3;2-7H,1H3,(H2,12,13,14);3*1-2H3. The van der Waals surface area contributed by atoms with Crippen molar-refractivity contribution < 1.29 is 0 Å². The second-order valence-corrected chi connectivity index (χ2v) is 6.65.